The van der Waals surface area contributed by atoms with Crippen LogP contribution < -0.4 is 16.8 Å². The number of pyridine rings is 1. The number of nitrogens with two attached hydrogens (primary N) is 2. The number of hydrogen-bond acceptors (Lipinski definition) is 10. The van der Waals surface area contributed by atoms with Crippen molar-refractivity contribution in [3.63, 3.8) is 0 Å². The minimum Gasteiger partial charge on any atom is -0.383 e. The first kappa shape index (κ1) is 46.8. The molecule has 0 aliphatic carbocycles. The molecule has 4 aliphatic heterocycles. The van der Waals surface area contributed by atoms with Crippen molar-refractivity contribution in [3.8, 4) is 0 Å². The summed E-state index contributed by atoms with van der Waals surface area (Å²) in [6.45, 7) is 17.1. The molecular formula is C48H68N10O5Si. The molecule has 2 aromatic heterocycles. The summed E-state index contributed by atoms with van der Waals surface area (Å²) >= 11 is 0. The van der Waals surface area contributed by atoms with Crippen LogP contribution >= 0.6 is 0 Å². The van der Waals surface area contributed by atoms with Gasteiger partial charge >= 0.3 is 23.6 Å². The lowest BCUT2D eigenvalue weighted by Gasteiger charge is -2.39. The quantitative estimate of drug-likeness (QED) is 0.113. The van der Waals surface area contributed by atoms with Gasteiger partial charge in [-0.15, -0.1) is 0 Å². The van der Waals surface area contributed by atoms with Gasteiger partial charge in [-0.1, -0.05) is 69.9 Å². The van der Waals surface area contributed by atoms with E-state index in [9.17, 15) is 19.2 Å². The Morgan fingerprint density at radius 3 is 1.86 bits per heavy atom. The summed E-state index contributed by atoms with van der Waals surface area (Å²) in [5, 5.41) is 7.86. The molecular weight excluding hydrogens is 825 g/mol. The number of anilines is 2. The number of nitrogen functional groups attached to an aromatic ring is 1. The van der Waals surface area contributed by atoms with Crippen LogP contribution in [0.3, 0.4) is 0 Å². The van der Waals surface area contributed by atoms with E-state index in [1.165, 1.54) is 28.5 Å². The van der Waals surface area contributed by atoms with Crippen molar-refractivity contribution >= 4 is 54.1 Å². The van der Waals surface area contributed by atoms with Crippen LogP contribution in [0.15, 0.2) is 48.8 Å². The number of amides is 4. The second-order valence-corrected chi connectivity index (χ2v) is 25.6. The van der Waals surface area contributed by atoms with Crippen molar-refractivity contribution in [2.75, 3.05) is 57.9 Å². The highest BCUT2D eigenvalue weighted by Gasteiger charge is 2.36. The lowest BCUT2D eigenvalue weighted by molar-refractivity contribution is -0.147. The second-order valence-electron chi connectivity index (χ2n) is 20.0. The van der Waals surface area contributed by atoms with Crippen LogP contribution in [-0.2, 0) is 56.6 Å². The molecule has 6 heterocycles. The van der Waals surface area contributed by atoms with E-state index in [1.54, 1.807) is 20.7 Å². The standard InChI is InChI=1S/C30H43N7O3Si.C18H25N3O2/c1-20-6-9-26(22-7-8-23-18-35(2)11-10-21(23)14-22)36(17-20)30(39)29(38)34-25-16-32-28(31)24-15-33-37(27(24)25)19-40-12-13-41(3,4)5;1-12-3-6-16(21(10-12)18(23)17(19)22)14-4-5-15-11-20(2)8-7-13(15)9-14/h7-8,14-16,20,26H,6,9-13,17-19H2,1-5H3,(H2,31,32)(H,34,38);4-5,9,12,16H,3,6-8,10-11H2,1-2H3,(H2,19,22)/t20-,26+;12-,16+/m00/s1. The third-order valence-corrected chi connectivity index (χ3v) is 15.1. The number of hydrogen-bond donors (Lipinski definition) is 3. The molecule has 4 atom stereocenters. The lowest BCUT2D eigenvalue weighted by atomic mass is 9.87. The van der Waals surface area contributed by atoms with E-state index in [1.807, 2.05) is 0 Å². The number of piperidine rings is 2. The van der Waals surface area contributed by atoms with Crippen molar-refractivity contribution in [2.24, 2.45) is 17.6 Å². The number of ether oxygens (including phenoxy) is 1. The van der Waals surface area contributed by atoms with Crippen LogP contribution in [0.4, 0.5) is 11.5 Å². The van der Waals surface area contributed by atoms with E-state index >= 15 is 0 Å². The van der Waals surface area contributed by atoms with Gasteiger partial charge in [0, 0.05) is 53.9 Å². The maximum Gasteiger partial charge on any atom is 0.314 e. The number of nitrogens with zero attached hydrogens (tertiary/aromatic N) is 7. The normalized spacial score (nSPS) is 21.7. The zero-order chi connectivity index (χ0) is 45.9. The first-order valence-corrected chi connectivity index (χ1v) is 26.7. The zero-order valence-electron chi connectivity index (χ0n) is 38.9. The van der Waals surface area contributed by atoms with Crippen LogP contribution in [0.2, 0.25) is 25.7 Å². The number of primary amides is 1. The van der Waals surface area contributed by atoms with Crippen molar-refractivity contribution in [1.82, 2.24) is 34.4 Å². The highest BCUT2D eigenvalue weighted by Crippen LogP contribution is 2.37. The molecule has 4 amide bonds. The molecule has 4 aromatic rings. The van der Waals surface area contributed by atoms with E-state index in [0.717, 1.165) is 81.9 Å². The fourth-order valence-electron chi connectivity index (χ4n) is 9.58. The number of likely N-dealkylation sites (N-methyl/N-ethyl adjacent to an activating group) is 2. The molecule has 64 heavy (non-hydrogen) atoms. The molecule has 0 bridgehead atoms. The molecule has 2 fully saturated rings. The summed E-state index contributed by atoms with van der Waals surface area (Å²) in [5.74, 6) is -1.62. The fourth-order valence-corrected chi connectivity index (χ4v) is 10.3. The third-order valence-electron chi connectivity index (χ3n) is 13.4. The monoisotopic (exact) mass is 893 g/mol. The van der Waals surface area contributed by atoms with Crippen LogP contribution in [0.5, 0.6) is 0 Å². The Bertz CT molecular complexity index is 2360. The average molecular weight is 893 g/mol. The number of rotatable bonds is 8. The molecule has 4 aliphatic rings. The molecule has 8 rings (SSSR count). The minimum absolute atomic E-state index is 0.0313. The van der Waals surface area contributed by atoms with Crippen LogP contribution in [0.1, 0.15) is 85.0 Å². The summed E-state index contributed by atoms with van der Waals surface area (Å²) in [5.41, 5.74) is 20.0. The number of benzene rings is 2. The molecule has 0 saturated carbocycles. The van der Waals surface area contributed by atoms with E-state index in [-0.39, 0.29) is 18.8 Å². The predicted molar refractivity (Wildman–Crippen MR) is 253 cm³/mol. The van der Waals surface area contributed by atoms with E-state index in [2.05, 4.69) is 109 Å². The smallest absolute Gasteiger partial charge is 0.314 e. The Balaban J connectivity index is 0.000000225. The van der Waals surface area contributed by atoms with Crippen LogP contribution in [-0.4, -0.2) is 113 Å². The summed E-state index contributed by atoms with van der Waals surface area (Å²) in [6, 6.07) is 13.9. The highest BCUT2D eigenvalue weighted by atomic mass is 28.3. The Kier molecular flexibility index (Phi) is 14.6. The number of nitrogens with one attached hydrogen (secondary N) is 1. The van der Waals surface area contributed by atoms with E-state index in [4.69, 9.17) is 16.2 Å². The summed E-state index contributed by atoms with van der Waals surface area (Å²) < 4.78 is 7.57. The van der Waals surface area contributed by atoms with Crippen molar-refractivity contribution in [3.05, 3.63) is 82.2 Å². The second kappa shape index (κ2) is 19.9. The molecule has 15 nitrogen and oxygen atoms in total. The van der Waals surface area contributed by atoms with Gasteiger partial charge in [-0.05, 0) is 104 Å². The largest absolute Gasteiger partial charge is 0.383 e. The Hall–Kier alpha value is -5.16. The minimum atomic E-state index is -1.24. The van der Waals surface area contributed by atoms with Gasteiger partial charge in [0.05, 0.1) is 41.1 Å². The van der Waals surface area contributed by atoms with Gasteiger partial charge in [-0.2, -0.15) is 5.10 Å². The molecule has 0 radical (unpaired) electrons. The molecule has 344 valence electrons. The van der Waals surface area contributed by atoms with Gasteiger partial charge in [0.15, 0.2) is 0 Å². The van der Waals surface area contributed by atoms with Gasteiger partial charge in [0.1, 0.15) is 12.5 Å². The Morgan fingerprint density at radius 2 is 1.33 bits per heavy atom. The molecule has 2 saturated heterocycles. The molecule has 0 unspecified atom stereocenters. The number of aromatic nitrogens is 3. The summed E-state index contributed by atoms with van der Waals surface area (Å²) in [4.78, 5) is 63.1. The fraction of sp³-hybridized carbons (Fsp3) is 0.542. The Morgan fingerprint density at radius 1 is 0.781 bits per heavy atom. The Labute approximate surface area is 378 Å². The van der Waals surface area contributed by atoms with Crippen molar-refractivity contribution in [1.29, 1.82) is 0 Å². The van der Waals surface area contributed by atoms with Gasteiger partial charge in [-0.25, -0.2) is 9.67 Å². The molecule has 16 heteroatoms. The number of carbonyl (C=O) groups is 4. The SMILES string of the molecule is C[C@H]1CC[C@H](c2ccc3c(c2)CCN(C)C3)N(C(=O)C(=O)Nc2cnc(N)c3cnn(COCC[Si](C)(C)C)c23)C1.C[C@H]1CC[C@H](c2ccc3c(c2)CCN(C)C3)N(C(=O)C(N)=O)C1. The van der Waals surface area contributed by atoms with Crippen molar-refractivity contribution in [2.45, 2.75) is 110 Å². The predicted octanol–water partition coefficient (Wildman–Crippen LogP) is 5.71. The molecule has 0 spiro atoms. The maximum atomic E-state index is 13.7. The molecule has 5 N–H and O–H groups in total. The van der Waals surface area contributed by atoms with Crippen LogP contribution in [0.25, 0.3) is 10.9 Å². The summed E-state index contributed by atoms with van der Waals surface area (Å²) in [6.07, 6.45) is 8.92. The lowest BCUT2D eigenvalue weighted by Crippen LogP contribution is -2.47. The van der Waals surface area contributed by atoms with Gasteiger partial charge in [0.2, 0.25) is 0 Å². The third kappa shape index (κ3) is 11.0. The number of fused-ring (bicyclic) bond motifs is 3. The molecule has 2 aromatic carbocycles. The first-order valence-electron chi connectivity index (χ1n) is 23.0. The highest BCUT2D eigenvalue weighted by molar-refractivity contribution is 6.76. The van der Waals surface area contributed by atoms with Crippen molar-refractivity contribution < 1.29 is 23.9 Å². The first-order chi connectivity index (χ1) is 30.4. The zero-order valence-corrected chi connectivity index (χ0v) is 39.9. The average Bonchev–Trinajstić information content (AvgIpc) is 3.70. The van der Waals surface area contributed by atoms with Gasteiger partial charge in [0.25, 0.3) is 0 Å². The van der Waals surface area contributed by atoms with Gasteiger partial charge < -0.3 is 41.1 Å². The maximum absolute atomic E-state index is 13.7. The van der Waals surface area contributed by atoms with Crippen LogP contribution in [0, 0.1) is 11.8 Å². The number of likely N-dealkylation sites (tertiary alicyclic amines) is 2. The van der Waals surface area contributed by atoms with E-state index < -0.39 is 31.7 Å². The van der Waals surface area contributed by atoms with E-state index in [0.29, 0.717) is 53.9 Å². The number of carbonyl (C=O) groups excluding carboxylic acids is 4. The topological polar surface area (TPSA) is 185 Å². The van der Waals surface area contributed by atoms with Gasteiger partial charge in [-0.3, -0.25) is 19.2 Å². The summed E-state index contributed by atoms with van der Waals surface area (Å²) in [7, 11) is 3.03.